The molecule has 0 saturated carbocycles. The molecular formula is C9H22N2O2S. The molecule has 0 bridgehead atoms. The van der Waals surface area contributed by atoms with Gasteiger partial charge in [0.2, 0.25) is 10.0 Å². The Morgan fingerprint density at radius 1 is 1.43 bits per heavy atom. The lowest BCUT2D eigenvalue weighted by Gasteiger charge is -2.11. The molecule has 0 aliphatic heterocycles. The Labute approximate surface area is 87.3 Å². The van der Waals surface area contributed by atoms with Crippen molar-refractivity contribution in [2.45, 2.75) is 33.1 Å². The zero-order valence-electron chi connectivity index (χ0n) is 9.12. The number of hydrogen-bond acceptors (Lipinski definition) is 3. The topological polar surface area (TPSA) is 72.2 Å². The van der Waals surface area contributed by atoms with Crippen molar-refractivity contribution in [3.63, 3.8) is 0 Å². The van der Waals surface area contributed by atoms with E-state index in [1.165, 1.54) is 0 Å². The Bertz CT molecular complexity index is 227. The second-order valence-corrected chi connectivity index (χ2v) is 5.56. The Hall–Kier alpha value is -0.130. The molecule has 1 unspecified atom stereocenters. The second kappa shape index (κ2) is 7.20. The van der Waals surface area contributed by atoms with Crippen molar-refractivity contribution in [2.75, 3.05) is 18.8 Å². The van der Waals surface area contributed by atoms with E-state index in [2.05, 4.69) is 11.6 Å². The number of rotatable bonds is 8. The minimum Gasteiger partial charge on any atom is -0.330 e. The van der Waals surface area contributed by atoms with Gasteiger partial charge in [0.15, 0.2) is 0 Å². The summed E-state index contributed by atoms with van der Waals surface area (Å²) in [4.78, 5) is 0. The summed E-state index contributed by atoms with van der Waals surface area (Å²) in [6.07, 6.45) is 2.68. The zero-order valence-corrected chi connectivity index (χ0v) is 9.94. The van der Waals surface area contributed by atoms with Crippen LogP contribution in [-0.2, 0) is 10.0 Å². The van der Waals surface area contributed by atoms with E-state index in [9.17, 15) is 8.42 Å². The maximum Gasteiger partial charge on any atom is 0.211 e. The first kappa shape index (κ1) is 13.9. The van der Waals surface area contributed by atoms with Gasteiger partial charge in [0.25, 0.3) is 0 Å². The van der Waals surface area contributed by atoms with Crippen LogP contribution >= 0.6 is 0 Å². The van der Waals surface area contributed by atoms with Crippen LogP contribution in [0.15, 0.2) is 0 Å². The molecule has 0 amide bonds. The standard InChI is InChI=1S/C9H22N2O2S/c1-3-5-9(2)8-14(12,13)11-7-4-6-10/h9,11H,3-8,10H2,1-2H3. The minimum absolute atomic E-state index is 0.228. The molecular weight excluding hydrogens is 200 g/mol. The summed E-state index contributed by atoms with van der Waals surface area (Å²) in [5.41, 5.74) is 5.27. The molecule has 0 heterocycles. The number of nitrogens with one attached hydrogen (secondary N) is 1. The highest BCUT2D eigenvalue weighted by Crippen LogP contribution is 2.07. The van der Waals surface area contributed by atoms with Crippen LogP contribution in [0.1, 0.15) is 33.1 Å². The molecule has 0 spiro atoms. The molecule has 0 saturated heterocycles. The van der Waals surface area contributed by atoms with Gasteiger partial charge in [0.05, 0.1) is 5.75 Å². The van der Waals surface area contributed by atoms with Crippen molar-refractivity contribution in [3.05, 3.63) is 0 Å². The molecule has 0 aromatic rings. The first-order valence-electron chi connectivity index (χ1n) is 5.19. The SMILES string of the molecule is CCCC(C)CS(=O)(=O)NCCCN. The molecule has 1 atom stereocenters. The van der Waals surface area contributed by atoms with Crippen LogP contribution in [0.5, 0.6) is 0 Å². The van der Waals surface area contributed by atoms with E-state index < -0.39 is 10.0 Å². The summed E-state index contributed by atoms with van der Waals surface area (Å²) in [6, 6.07) is 0. The van der Waals surface area contributed by atoms with E-state index in [-0.39, 0.29) is 11.7 Å². The van der Waals surface area contributed by atoms with Crippen molar-refractivity contribution in [2.24, 2.45) is 11.7 Å². The summed E-state index contributed by atoms with van der Waals surface area (Å²) in [5, 5.41) is 0. The highest BCUT2D eigenvalue weighted by molar-refractivity contribution is 7.89. The third-order valence-electron chi connectivity index (χ3n) is 1.99. The van der Waals surface area contributed by atoms with Gasteiger partial charge in [0, 0.05) is 6.54 Å². The second-order valence-electron chi connectivity index (χ2n) is 3.71. The predicted octanol–water partition coefficient (Wildman–Crippen LogP) is 0.691. The van der Waals surface area contributed by atoms with E-state index >= 15 is 0 Å². The van der Waals surface area contributed by atoms with Gasteiger partial charge >= 0.3 is 0 Å². The van der Waals surface area contributed by atoms with E-state index in [1.54, 1.807) is 0 Å². The summed E-state index contributed by atoms with van der Waals surface area (Å²) in [5.74, 6) is 0.459. The maximum atomic E-state index is 11.4. The first-order chi connectivity index (χ1) is 6.52. The monoisotopic (exact) mass is 222 g/mol. The quantitative estimate of drug-likeness (QED) is 0.594. The van der Waals surface area contributed by atoms with E-state index in [4.69, 9.17) is 5.73 Å². The molecule has 0 aliphatic carbocycles. The van der Waals surface area contributed by atoms with Crippen LogP contribution in [-0.4, -0.2) is 27.3 Å². The lowest BCUT2D eigenvalue weighted by Crippen LogP contribution is -2.30. The van der Waals surface area contributed by atoms with Gasteiger partial charge < -0.3 is 5.73 Å². The fourth-order valence-corrected chi connectivity index (χ4v) is 2.83. The average Bonchev–Trinajstić information content (AvgIpc) is 2.03. The van der Waals surface area contributed by atoms with Crippen LogP contribution in [0.25, 0.3) is 0 Å². The predicted molar refractivity (Wildman–Crippen MR) is 59.5 cm³/mol. The molecule has 5 heteroatoms. The Balaban J connectivity index is 3.82. The fourth-order valence-electron chi connectivity index (χ4n) is 1.34. The van der Waals surface area contributed by atoms with Gasteiger partial charge in [-0.1, -0.05) is 20.3 Å². The van der Waals surface area contributed by atoms with Crippen molar-refractivity contribution in [3.8, 4) is 0 Å². The maximum absolute atomic E-state index is 11.4. The molecule has 0 aromatic carbocycles. The lowest BCUT2D eigenvalue weighted by atomic mass is 10.1. The number of nitrogens with two attached hydrogens (primary N) is 1. The Morgan fingerprint density at radius 2 is 2.07 bits per heavy atom. The zero-order chi connectivity index (χ0) is 11.0. The number of hydrogen-bond donors (Lipinski definition) is 2. The first-order valence-corrected chi connectivity index (χ1v) is 6.84. The summed E-state index contributed by atoms with van der Waals surface area (Å²) in [6.45, 7) is 5.00. The molecule has 3 N–H and O–H groups in total. The molecule has 86 valence electrons. The van der Waals surface area contributed by atoms with Gasteiger partial charge in [0.1, 0.15) is 0 Å². The highest BCUT2D eigenvalue weighted by atomic mass is 32.2. The normalized spacial score (nSPS) is 14.2. The molecule has 0 fully saturated rings. The van der Waals surface area contributed by atoms with Gasteiger partial charge in [-0.2, -0.15) is 0 Å². The van der Waals surface area contributed by atoms with Crippen LogP contribution in [0.2, 0.25) is 0 Å². The third-order valence-corrected chi connectivity index (χ3v) is 3.64. The van der Waals surface area contributed by atoms with E-state index in [0.717, 1.165) is 12.8 Å². The van der Waals surface area contributed by atoms with Crippen molar-refractivity contribution in [1.29, 1.82) is 0 Å². The smallest absolute Gasteiger partial charge is 0.211 e. The average molecular weight is 222 g/mol. The van der Waals surface area contributed by atoms with Crippen LogP contribution in [0, 0.1) is 5.92 Å². The third kappa shape index (κ3) is 7.29. The highest BCUT2D eigenvalue weighted by Gasteiger charge is 2.13. The van der Waals surface area contributed by atoms with Crippen LogP contribution in [0.4, 0.5) is 0 Å². The van der Waals surface area contributed by atoms with Gasteiger partial charge in [-0.15, -0.1) is 0 Å². The Morgan fingerprint density at radius 3 is 2.57 bits per heavy atom. The van der Waals surface area contributed by atoms with Gasteiger partial charge in [-0.3, -0.25) is 0 Å². The molecule has 4 nitrogen and oxygen atoms in total. The van der Waals surface area contributed by atoms with Crippen LogP contribution < -0.4 is 10.5 Å². The van der Waals surface area contributed by atoms with Crippen molar-refractivity contribution >= 4 is 10.0 Å². The Kier molecular flexibility index (Phi) is 7.13. The fraction of sp³-hybridized carbons (Fsp3) is 1.00. The molecule has 0 radical (unpaired) electrons. The van der Waals surface area contributed by atoms with Gasteiger partial charge in [-0.05, 0) is 25.3 Å². The molecule has 0 rings (SSSR count). The van der Waals surface area contributed by atoms with Gasteiger partial charge in [-0.25, -0.2) is 13.1 Å². The van der Waals surface area contributed by atoms with E-state index in [1.807, 2.05) is 6.92 Å². The summed E-state index contributed by atoms with van der Waals surface area (Å²) < 4.78 is 25.4. The summed E-state index contributed by atoms with van der Waals surface area (Å²) in [7, 11) is -3.08. The number of sulfonamides is 1. The molecule has 14 heavy (non-hydrogen) atoms. The van der Waals surface area contributed by atoms with E-state index in [0.29, 0.717) is 19.5 Å². The lowest BCUT2D eigenvalue weighted by molar-refractivity contribution is 0.535. The molecule has 0 aliphatic rings. The van der Waals surface area contributed by atoms with Crippen molar-refractivity contribution in [1.82, 2.24) is 4.72 Å². The molecule has 0 aromatic heterocycles. The minimum atomic E-state index is -3.08. The summed E-state index contributed by atoms with van der Waals surface area (Å²) >= 11 is 0. The largest absolute Gasteiger partial charge is 0.330 e. The van der Waals surface area contributed by atoms with Crippen molar-refractivity contribution < 1.29 is 8.42 Å². The van der Waals surface area contributed by atoms with Crippen LogP contribution in [0.3, 0.4) is 0 Å².